The van der Waals surface area contributed by atoms with E-state index in [1.165, 1.54) is 5.56 Å². The Morgan fingerprint density at radius 1 is 1.35 bits per heavy atom. The second-order valence-corrected chi connectivity index (χ2v) is 7.34. The molecule has 0 aliphatic heterocycles. The standard InChI is InChI=1S/C17H21BrN2O2S/c1-12-4-6-14(7-5-12)22-9-8-19-17(21)16(20(2)3)15-10-13(18)11-23-15/h4-7,10-11,16H,8-9H2,1-3H3,(H,19,21)/t16-/m0/s1. The SMILES string of the molecule is Cc1ccc(OCCNC(=O)[C@H](c2cc(Br)cs2)N(C)C)cc1. The number of thiophene rings is 1. The van der Waals surface area contributed by atoms with Gasteiger partial charge in [-0.25, -0.2) is 0 Å². The molecule has 0 saturated carbocycles. The molecule has 2 rings (SSSR count). The van der Waals surface area contributed by atoms with E-state index in [0.29, 0.717) is 13.2 Å². The molecule has 1 aromatic carbocycles. The fourth-order valence-electron chi connectivity index (χ4n) is 2.16. The smallest absolute Gasteiger partial charge is 0.242 e. The van der Waals surface area contributed by atoms with E-state index < -0.39 is 0 Å². The lowest BCUT2D eigenvalue weighted by Gasteiger charge is -2.22. The summed E-state index contributed by atoms with van der Waals surface area (Å²) in [6.45, 7) is 2.96. The van der Waals surface area contributed by atoms with E-state index in [2.05, 4.69) is 21.2 Å². The highest BCUT2D eigenvalue weighted by atomic mass is 79.9. The third-order valence-corrected chi connectivity index (χ3v) is 5.06. The van der Waals surface area contributed by atoms with Crippen LogP contribution in [0, 0.1) is 6.92 Å². The number of nitrogens with zero attached hydrogens (tertiary/aromatic N) is 1. The molecule has 0 fully saturated rings. The van der Waals surface area contributed by atoms with E-state index in [9.17, 15) is 4.79 Å². The summed E-state index contributed by atoms with van der Waals surface area (Å²) in [7, 11) is 3.81. The van der Waals surface area contributed by atoms with Crippen LogP contribution < -0.4 is 10.1 Å². The third-order valence-electron chi connectivity index (χ3n) is 3.31. The van der Waals surface area contributed by atoms with E-state index in [1.54, 1.807) is 11.3 Å². The summed E-state index contributed by atoms with van der Waals surface area (Å²) in [5.74, 6) is 0.799. The molecule has 0 radical (unpaired) electrons. The van der Waals surface area contributed by atoms with Gasteiger partial charge in [-0.15, -0.1) is 11.3 Å². The number of carbonyl (C=O) groups excluding carboxylic acids is 1. The molecule has 2 aromatic rings. The van der Waals surface area contributed by atoms with E-state index in [1.807, 2.05) is 61.6 Å². The zero-order valence-electron chi connectivity index (χ0n) is 13.5. The Balaban J connectivity index is 1.83. The molecule has 1 atom stereocenters. The van der Waals surface area contributed by atoms with Crippen LogP contribution in [-0.4, -0.2) is 38.1 Å². The van der Waals surface area contributed by atoms with Crippen molar-refractivity contribution in [2.75, 3.05) is 27.2 Å². The molecule has 1 amide bonds. The van der Waals surface area contributed by atoms with Gasteiger partial charge in [-0.3, -0.25) is 9.69 Å². The highest BCUT2D eigenvalue weighted by Gasteiger charge is 2.24. The van der Waals surface area contributed by atoms with Crippen molar-refractivity contribution >= 4 is 33.2 Å². The molecule has 124 valence electrons. The normalized spacial score (nSPS) is 12.2. The van der Waals surface area contributed by atoms with Crippen molar-refractivity contribution < 1.29 is 9.53 Å². The van der Waals surface area contributed by atoms with Crippen molar-refractivity contribution in [2.24, 2.45) is 0 Å². The molecule has 23 heavy (non-hydrogen) atoms. The second-order valence-electron chi connectivity index (χ2n) is 5.49. The molecule has 0 aliphatic carbocycles. The number of halogens is 1. The average molecular weight is 397 g/mol. The molecule has 0 bridgehead atoms. The molecule has 4 nitrogen and oxygen atoms in total. The van der Waals surface area contributed by atoms with Crippen molar-refractivity contribution in [1.82, 2.24) is 10.2 Å². The Labute approximate surface area is 149 Å². The highest BCUT2D eigenvalue weighted by Crippen LogP contribution is 2.28. The van der Waals surface area contributed by atoms with Crippen LogP contribution in [0.15, 0.2) is 40.2 Å². The average Bonchev–Trinajstić information content (AvgIpc) is 2.91. The van der Waals surface area contributed by atoms with Crippen molar-refractivity contribution in [3.05, 3.63) is 50.6 Å². The van der Waals surface area contributed by atoms with Crippen LogP contribution in [0.5, 0.6) is 5.75 Å². The number of hydrogen-bond acceptors (Lipinski definition) is 4. The summed E-state index contributed by atoms with van der Waals surface area (Å²) in [4.78, 5) is 15.4. The second kappa shape index (κ2) is 8.47. The van der Waals surface area contributed by atoms with Crippen molar-refractivity contribution in [1.29, 1.82) is 0 Å². The van der Waals surface area contributed by atoms with E-state index in [4.69, 9.17) is 4.74 Å². The molecule has 0 spiro atoms. The van der Waals surface area contributed by atoms with Crippen molar-refractivity contribution in [3.8, 4) is 5.75 Å². The van der Waals surface area contributed by atoms with Crippen molar-refractivity contribution in [3.63, 3.8) is 0 Å². The molecule has 1 heterocycles. The first-order valence-corrected chi connectivity index (χ1v) is 9.02. The van der Waals surface area contributed by atoms with Crippen LogP contribution in [0.3, 0.4) is 0 Å². The predicted octanol–water partition coefficient (Wildman–Crippen LogP) is 3.62. The zero-order chi connectivity index (χ0) is 16.8. The fraction of sp³-hybridized carbons (Fsp3) is 0.353. The fourth-order valence-corrected chi connectivity index (χ4v) is 3.80. The summed E-state index contributed by atoms with van der Waals surface area (Å²) < 4.78 is 6.63. The van der Waals surface area contributed by atoms with Crippen LogP contribution in [0.25, 0.3) is 0 Å². The number of hydrogen-bond donors (Lipinski definition) is 1. The number of amides is 1. The van der Waals surface area contributed by atoms with E-state index in [-0.39, 0.29) is 11.9 Å². The summed E-state index contributed by atoms with van der Waals surface area (Å²) >= 11 is 5.00. The Kier molecular flexibility index (Phi) is 6.62. The van der Waals surface area contributed by atoms with Gasteiger partial charge in [0, 0.05) is 14.7 Å². The van der Waals surface area contributed by atoms with Crippen LogP contribution >= 0.6 is 27.3 Å². The third kappa shape index (κ3) is 5.34. The number of aryl methyl sites for hydroxylation is 1. The van der Waals surface area contributed by atoms with Gasteiger partial charge in [0.25, 0.3) is 0 Å². The Bertz CT molecular complexity index is 640. The van der Waals surface area contributed by atoms with Crippen LogP contribution in [0.4, 0.5) is 0 Å². The monoisotopic (exact) mass is 396 g/mol. The summed E-state index contributed by atoms with van der Waals surface area (Å²) in [6, 6.07) is 9.57. The van der Waals surface area contributed by atoms with Crippen LogP contribution in [0.2, 0.25) is 0 Å². The maximum absolute atomic E-state index is 12.4. The summed E-state index contributed by atoms with van der Waals surface area (Å²) in [5.41, 5.74) is 1.20. The van der Waals surface area contributed by atoms with E-state index >= 15 is 0 Å². The molecule has 0 aliphatic rings. The van der Waals surface area contributed by atoms with Crippen LogP contribution in [-0.2, 0) is 4.79 Å². The largest absolute Gasteiger partial charge is 0.492 e. The molecule has 6 heteroatoms. The van der Waals surface area contributed by atoms with Gasteiger partial charge in [-0.2, -0.15) is 0 Å². The zero-order valence-corrected chi connectivity index (χ0v) is 15.9. The first kappa shape index (κ1) is 18.0. The highest BCUT2D eigenvalue weighted by molar-refractivity contribution is 9.10. The topological polar surface area (TPSA) is 41.6 Å². The number of rotatable bonds is 7. The Hall–Kier alpha value is -1.37. The Morgan fingerprint density at radius 3 is 2.61 bits per heavy atom. The molecular weight excluding hydrogens is 376 g/mol. The molecule has 1 aromatic heterocycles. The number of likely N-dealkylation sites (N-methyl/N-ethyl adjacent to an activating group) is 1. The van der Waals surface area contributed by atoms with Gasteiger partial charge >= 0.3 is 0 Å². The Morgan fingerprint density at radius 2 is 2.04 bits per heavy atom. The number of benzene rings is 1. The van der Waals surface area contributed by atoms with Gasteiger partial charge in [0.2, 0.25) is 5.91 Å². The summed E-state index contributed by atoms with van der Waals surface area (Å²) in [6.07, 6.45) is 0. The van der Waals surface area contributed by atoms with E-state index in [0.717, 1.165) is 15.1 Å². The minimum atomic E-state index is -0.286. The molecule has 0 saturated heterocycles. The van der Waals surface area contributed by atoms with Gasteiger partial charge in [0.05, 0.1) is 6.54 Å². The maximum atomic E-state index is 12.4. The predicted molar refractivity (Wildman–Crippen MR) is 98.1 cm³/mol. The lowest BCUT2D eigenvalue weighted by Crippen LogP contribution is -2.38. The lowest BCUT2D eigenvalue weighted by atomic mass is 10.2. The lowest BCUT2D eigenvalue weighted by molar-refractivity contribution is -0.125. The van der Waals surface area contributed by atoms with Gasteiger partial charge in [-0.05, 0) is 55.1 Å². The first-order valence-electron chi connectivity index (χ1n) is 7.35. The number of carbonyl (C=O) groups is 1. The quantitative estimate of drug-likeness (QED) is 0.726. The molecule has 1 N–H and O–H groups in total. The minimum absolute atomic E-state index is 0.0168. The number of nitrogens with one attached hydrogen (secondary N) is 1. The molecule has 0 unspecified atom stereocenters. The van der Waals surface area contributed by atoms with Crippen molar-refractivity contribution in [2.45, 2.75) is 13.0 Å². The van der Waals surface area contributed by atoms with Gasteiger partial charge in [0.15, 0.2) is 0 Å². The maximum Gasteiger partial charge on any atom is 0.242 e. The van der Waals surface area contributed by atoms with Gasteiger partial charge in [-0.1, -0.05) is 17.7 Å². The van der Waals surface area contributed by atoms with Gasteiger partial charge < -0.3 is 10.1 Å². The van der Waals surface area contributed by atoms with Crippen LogP contribution in [0.1, 0.15) is 16.5 Å². The molecular formula is C17H21BrN2O2S. The summed E-state index contributed by atoms with van der Waals surface area (Å²) in [5, 5.41) is 4.92. The first-order chi connectivity index (χ1) is 11.0. The minimum Gasteiger partial charge on any atom is -0.492 e. The van der Waals surface area contributed by atoms with Gasteiger partial charge in [0.1, 0.15) is 18.4 Å². The number of ether oxygens (including phenoxy) is 1.